The van der Waals surface area contributed by atoms with Crippen LogP contribution in [0.15, 0.2) is 60.8 Å². The smallest absolute Gasteiger partial charge is 0.408 e. The van der Waals surface area contributed by atoms with Gasteiger partial charge in [-0.05, 0) is 40.7 Å². The number of hydrogen-bond donors (Lipinski definition) is 3. The molecule has 0 spiro atoms. The van der Waals surface area contributed by atoms with Gasteiger partial charge in [-0.2, -0.15) is 5.10 Å². The van der Waals surface area contributed by atoms with Crippen LogP contribution in [0.5, 0.6) is 0 Å². The summed E-state index contributed by atoms with van der Waals surface area (Å²) in [5.41, 5.74) is 4.94. The van der Waals surface area contributed by atoms with E-state index in [2.05, 4.69) is 27.9 Å². The van der Waals surface area contributed by atoms with E-state index < -0.39 is 29.9 Å². The Kier molecular flexibility index (Phi) is 5.98. The van der Waals surface area contributed by atoms with Crippen molar-refractivity contribution in [1.29, 1.82) is 0 Å². The SMILES string of the molecule is Cn1nccc1C(NC(=O)OCC1c2ccccc2-c2ccccc21)C(=O)NC[C@H]1C[C@H]1C(=O)O. The van der Waals surface area contributed by atoms with Crippen molar-refractivity contribution in [3.8, 4) is 11.1 Å². The third kappa shape index (κ3) is 4.49. The molecule has 1 aromatic heterocycles. The number of carbonyl (C=O) groups excluding carboxylic acids is 2. The summed E-state index contributed by atoms with van der Waals surface area (Å²) in [6, 6.07) is 16.7. The first-order valence-corrected chi connectivity index (χ1v) is 11.5. The van der Waals surface area contributed by atoms with Crippen LogP contribution >= 0.6 is 0 Å². The minimum Gasteiger partial charge on any atom is -0.481 e. The molecule has 2 aliphatic rings. The molecule has 3 N–H and O–H groups in total. The fraction of sp³-hybridized carbons (Fsp3) is 0.308. The van der Waals surface area contributed by atoms with Crippen molar-refractivity contribution < 1.29 is 24.2 Å². The van der Waals surface area contributed by atoms with Gasteiger partial charge in [-0.25, -0.2) is 4.79 Å². The van der Waals surface area contributed by atoms with Crippen LogP contribution in [0.2, 0.25) is 0 Å². The van der Waals surface area contributed by atoms with Crippen molar-refractivity contribution in [3.63, 3.8) is 0 Å². The Morgan fingerprint density at radius 2 is 1.74 bits per heavy atom. The van der Waals surface area contributed by atoms with Gasteiger partial charge in [0.2, 0.25) is 5.91 Å². The van der Waals surface area contributed by atoms with Crippen LogP contribution in [0.4, 0.5) is 4.79 Å². The van der Waals surface area contributed by atoms with Gasteiger partial charge in [0.1, 0.15) is 6.61 Å². The molecule has 9 heteroatoms. The van der Waals surface area contributed by atoms with E-state index in [4.69, 9.17) is 9.84 Å². The molecule has 3 aromatic rings. The van der Waals surface area contributed by atoms with E-state index >= 15 is 0 Å². The molecule has 2 aromatic carbocycles. The predicted octanol–water partition coefficient (Wildman–Crippen LogP) is 2.84. The molecular weight excluding hydrogens is 448 g/mol. The monoisotopic (exact) mass is 474 g/mol. The molecule has 1 unspecified atom stereocenters. The van der Waals surface area contributed by atoms with Crippen molar-refractivity contribution in [2.24, 2.45) is 18.9 Å². The number of aromatic nitrogens is 2. The number of alkyl carbamates (subject to hydrolysis) is 1. The van der Waals surface area contributed by atoms with Crippen molar-refractivity contribution in [3.05, 3.63) is 77.6 Å². The van der Waals surface area contributed by atoms with Crippen LogP contribution < -0.4 is 10.6 Å². The molecule has 1 saturated carbocycles. The van der Waals surface area contributed by atoms with Crippen LogP contribution in [0, 0.1) is 11.8 Å². The number of nitrogens with one attached hydrogen (secondary N) is 2. The number of carboxylic acids is 1. The molecule has 5 rings (SSSR count). The fourth-order valence-electron chi connectivity index (χ4n) is 4.81. The second-order valence-corrected chi connectivity index (χ2v) is 8.97. The van der Waals surface area contributed by atoms with Crippen LogP contribution in [0.1, 0.15) is 35.2 Å². The molecular formula is C26H26N4O5. The molecule has 1 heterocycles. The van der Waals surface area contributed by atoms with Gasteiger partial charge in [-0.1, -0.05) is 48.5 Å². The molecule has 1 fully saturated rings. The summed E-state index contributed by atoms with van der Waals surface area (Å²) in [5, 5.41) is 18.6. The topological polar surface area (TPSA) is 123 Å². The molecule has 0 aliphatic heterocycles. The van der Waals surface area contributed by atoms with E-state index in [0.717, 1.165) is 22.3 Å². The van der Waals surface area contributed by atoms with Gasteiger partial charge in [0.25, 0.3) is 0 Å². The zero-order chi connectivity index (χ0) is 24.5. The predicted molar refractivity (Wildman–Crippen MR) is 126 cm³/mol. The standard InChI is InChI=1S/C26H26N4O5/c1-30-22(10-11-28-30)23(24(31)27-13-15-12-20(15)25(32)33)29-26(34)35-14-21-18-8-4-2-6-16(18)17-7-3-5-9-19(17)21/h2-11,15,20-21,23H,12-14H2,1H3,(H,27,31)(H,29,34)(H,32,33)/t15-,20-,23?/m1/s1. The average molecular weight is 475 g/mol. The first-order chi connectivity index (χ1) is 16.9. The van der Waals surface area contributed by atoms with Gasteiger partial charge in [-0.15, -0.1) is 0 Å². The molecule has 3 atom stereocenters. The summed E-state index contributed by atoms with van der Waals surface area (Å²) in [4.78, 5) is 36.8. The number of fused-ring (bicyclic) bond motifs is 3. The molecule has 2 amide bonds. The lowest BCUT2D eigenvalue weighted by Crippen LogP contribution is -2.42. The lowest BCUT2D eigenvalue weighted by atomic mass is 9.98. The van der Waals surface area contributed by atoms with Gasteiger partial charge in [0.05, 0.1) is 11.6 Å². The second kappa shape index (κ2) is 9.25. The maximum Gasteiger partial charge on any atom is 0.408 e. The van der Waals surface area contributed by atoms with E-state index in [0.29, 0.717) is 12.1 Å². The maximum absolute atomic E-state index is 13.0. The molecule has 180 valence electrons. The zero-order valence-corrected chi connectivity index (χ0v) is 19.2. The van der Waals surface area contributed by atoms with E-state index in [1.165, 1.54) is 10.9 Å². The largest absolute Gasteiger partial charge is 0.481 e. The summed E-state index contributed by atoms with van der Waals surface area (Å²) in [6.45, 7) is 0.360. The Hall–Kier alpha value is -4.14. The molecule has 35 heavy (non-hydrogen) atoms. The van der Waals surface area contributed by atoms with Gasteiger partial charge < -0.3 is 20.5 Å². The number of nitrogens with zero attached hydrogens (tertiary/aromatic N) is 2. The first-order valence-electron chi connectivity index (χ1n) is 11.5. The second-order valence-electron chi connectivity index (χ2n) is 8.97. The molecule has 9 nitrogen and oxygen atoms in total. The van der Waals surface area contributed by atoms with Crippen molar-refractivity contribution in [1.82, 2.24) is 20.4 Å². The van der Waals surface area contributed by atoms with E-state index in [-0.39, 0.29) is 25.0 Å². The summed E-state index contributed by atoms with van der Waals surface area (Å²) >= 11 is 0. The summed E-state index contributed by atoms with van der Waals surface area (Å²) < 4.78 is 7.11. The Morgan fingerprint density at radius 1 is 1.09 bits per heavy atom. The summed E-state index contributed by atoms with van der Waals surface area (Å²) in [6.07, 6.45) is 1.35. The number of amides is 2. The molecule has 0 saturated heterocycles. The lowest BCUT2D eigenvalue weighted by molar-refractivity contribution is -0.139. The Bertz CT molecular complexity index is 1240. The molecule has 0 bridgehead atoms. The van der Waals surface area contributed by atoms with Gasteiger partial charge in [0.15, 0.2) is 6.04 Å². The quantitative estimate of drug-likeness (QED) is 0.461. The number of rotatable bonds is 8. The summed E-state index contributed by atoms with van der Waals surface area (Å²) in [7, 11) is 1.68. The van der Waals surface area contributed by atoms with Crippen molar-refractivity contribution in [2.75, 3.05) is 13.2 Å². The number of aliphatic carboxylic acids is 1. The number of hydrogen-bond acceptors (Lipinski definition) is 5. The normalized spacial score (nSPS) is 18.8. The third-order valence-corrected chi connectivity index (χ3v) is 6.80. The minimum atomic E-state index is -1.03. The Labute approximate surface area is 202 Å². The van der Waals surface area contributed by atoms with Gasteiger partial charge in [-0.3, -0.25) is 14.3 Å². The number of carboxylic acid groups (broad SMARTS) is 1. The van der Waals surface area contributed by atoms with E-state index in [1.807, 2.05) is 36.4 Å². The average Bonchev–Trinajstić information content (AvgIpc) is 3.42. The van der Waals surface area contributed by atoms with Crippen LogP contribution in [0.25, 0.3) is 11.1 Å². The van der Waals surface area contributed by atoms with Crippen LogP contribution in [0.3, 0.4) is 0 Å². The highest BCUT2D eigenvalue weighted by molar-refractivity contribution is 5.87. The van der Waals surface area contributed by atoms with E-state index in [9.17, 15) is 14.4 Å². The van der Waals surface area contributed by atoms with Crippen LogP contribution in [-0.2, 0) is 21.4 Å². The highest BCUT2D eigenvalue weighted by Gasteiger charge is 2.43. The Morgan fingerprint density at radius 3 is 2.31 bits per heavy atom. The number of aryl methyl sites for hydroxylation is 1. The third-order valence-electron chi connectivity index (χ3n) is 6.80. The number of carbonyl (C=O) groups is 3. The number of benzene rings is 2. The van der Waals surface area contributed by atoms with Crippen molar-refractivity contribution in [2.45, 2.75) is 18.4 Å². The first kappa shape index (κ1) is 22.6. The summed E-state index contributed by atoms with van der Waals surface area (Å²) in [5.74, 6) is -1.93. The maximum atomic E-state index is 13.0. The number of ether oxygens (including phenoxy) is 1. The van der Waals surface area contributed by atoms with Crippen molar-refractivity contribution >= 4 is 18.0 Å². The van der Waals surface area contributed by atoms with E-state index in [1.54, 1.807) is 13.1 Å². The minimum absolute atomic E-state index is 0.0973. The molecule has 2 aliphatic carbocycles. The molecule has 0 radical (unpaired) electrons. The van der Waals surface area contributed by atoms with Crippen LogP contribution in [-0.4, -0.2) is 46.0 Å². The zero-order valence-electron chi connectivity index (χ0n) is 19.2. The van der Waals surface area contributed by atoms with Gasteiger partial charge in [0, 0.05) is 25.7 Å². The lowest BCUT2D eigenvalue weighted by Gasteiger charge is -2.20. The highest BCUT2D eigenvalue weighted by Crippen LogP contribution is 2.44. The highest BCUT2D eigenvalue weighted by atomic mass is 16.5. The van der Waals surface area contributed by atoms with Gasteiger partial charge >= 0.3 is 12.1 Å². The fourth-order valence-corrected chi connectivity index (χ4v) is 4.81. The Balaban J connectivity index is 1.25.